The minimum Gasteiger partial charge on any atom is -0.352 e. The predicted molar refractivity (Wildman–Crippen MR) is 145 cm³/mol. The summed E-state index contributed by atoms with van der Waals surface area (Å²) < 4.78 is 26.6. The largest absolute Gasteiger partial charge is 0.352 e. The van der Waals surface area contributed by atoms with Crippen LogP contribution in [0.25, 0.3) is 0 Å². The van der Waals surface area contributed by atoms with E-state index in [4.69, 9.17) is 23.2 Å². The molecule has 1 atom stereocenters. The lowest BCUT2D eigenvalue weighted by molar-refractivity contribution is -0.139. The maximum absolute atomic E-state index is 13.7. The minimum atomic E-state index is -3.79. The van der Waals surface area contributed by atoms with E-state index in [1.54, 1.807) is 44.2 Å². The molecule has 0 unspecified atom stereocenters. The van der Waals surface area contributed by atoms with Gasteiger partial charge in [-0.3, -0.25) is 13.9 Å². The summed E-state index contributed by atoms with van der Waals surface area (Å²) in [4.78, 5) is 28.2. The van der Waals surface area contributed by atoms with Crippen molar-refractivity contribution in [2.45, 2.75) is 65.1 Å². The standard InChI is InChI=1S/C26H33Cl2N3O4S/c1-17-9-12-24(18(2)13-17)31(36(4,34)35)16-25(32)30(15-20-10-11-21(27)14-23(20)28)19(3)26(33)29-22-7-5-6-8-22/h9-14,19,22H,5-8,15-16H2,1-4H3,(H,29,33)/t19-/m0/s1. The molecular weight excluding hydrogens is 521 g/mol. The predicted octanol–water partition coefficient (Wildman–Crippen LogP) is 4.85. The molecule has 0 saturated heterocycles. The number of carbonyl (C=O) groups is 2. The normalized spacial score (nSPS) is 14.9. The number of aryl methyl sites for hydroxylation is 2. The summed E-state index contributed by atoms with van der Waals surface area (Å²) in [6.45, 7) is 4.93. The Kier molecular flexibility index (Phi) is 9.30. The van der Waals surface area contributed by atoms with E-state index in [0.717, 1.165) is 47.4 Å². The molecule has 36 heavy (non-hydrogen) atoms. The van der Waals surface area contributed by atoms with E-state index in [0.29, 0.717) is 21.3 Å². The van der Waals surface area contributed by atoms with Crippen molar-refractivity contribution < 1.29 is 18.0 Å². The molecule has 1 N–H and O–H groups in total. The zero-order valence-electron chi connectivity index (χ0n) is 21.1. The molecule has 2 aromatic rings. The maximum Gasteiger partial charge on any atom is 0.244 e. The Labute approximate surface area is 223 Å². The molecule has 0 aliphatic heterocycles. The van der Waals surface area contributed by atoms with Gasteiger partial charge in [-0.05, 0) is 62.9 Å². The van der Waals surface area contributed by atoms with E-state index in [2.05, 4.69) is 5.32 Å². The molecule has 1 aliphatic rings. The number of hydrogen-bond acceptors (Lipinski definition) is 4. The number of nitrogens with one attached hydrogen (secondary N) is 1. The van der Waals surface area contributed by atoms with Gasteiger partial charge in [0.05, 0.1) is 11.9 Å². The lowest BCUT2D eigenvalue weighted by Gasteiger charge is -2.32. The number of carbonyl (C=O) groups excluding carboxylic acids is 2. The highest BCUT2D eigenvalue weighted by atomic mass is 35.5. The molecule has 3 rings (SSSR count). The van der Waals surface area contributed by atoms with Crippen molar-refractivity contribution in [1.82, 2.24) is 10.2 Å². The van der Waals surface area contributed by atoms with Gasteiger partial charge in [0.15, 0.2) is 0 Å². The number of amides is 2. The number of benzene rings is 2. The molecule has 2 amide bonds. The van der Waals surface area contributed by atoms with Crippen LogP contribution in [0.2, 0.25) is 10.0 Å². The fraction of sp³-hybridized carbons (Fsp3) is 0.462. The minimum absolute atomic E-state index is 0.0264. The molecule has 0 aromatic heterocycles. The first-order valence-corrected chi connectivity index (χ1v) is 14.6. The van der Waals surface area contributed by atoms with Gasteiger partial charge in [-0.1, -0.05) is 59.8 Å². The third kappa shape index (κ3) is 7.14. The monoisotopic (exact) mass is 553 g/mol. The van der Waals surface area contributed by atoms with Gasteiger partial charge in [-0.2, -0.15) is 0 Å². The molecule has 0 bridgehead atoms. The molecule has 196 valence electrons. The van der Waals surface area contributed by atoms with Gasteiger partial charge in [-0.15, -0.1) is 0 Å². The Bertz CT molecular complexity index is 1230. The molecule has 1 aliphatic carbocycles. The summed E-state index contributed by atoms with van der Waals surface area (Å²) in [5.41, 5.74) is 2.73. The topological polar surface area (TPSA) is 86.8 Å². The van der Waals surface area contributed by atoms with Gasteiger partial charge < -0.3 is 10.2 Å². The average Bonchev–Trinajstić information content (AvgIpc) is 3.29. The number of halogens is 2. The highest BCUT2D eigenvalue weighted by Gasteiger charge is 2.32. The molecule has 1 saturated carbocycles. The Balaban J connectivity index is 1.93. The third-order valence-electron chi connectivity index (χ3n) is 6.52. The van der Waals surface area contributed by atoms with Crippen LogP contribution in [0, 0.1) is 13.8 Å². The van der Waals surface area contributed by atoms with Crippen LogP contribution in [0.1, 0.15) is 49.3 Å². The van der Waals surface area contributed by atoms with E-state index in [9.17, 15) is 18.0 Å². The first-order valence-electron chi connectivity index (χ1n) is 12.0. The van der Waals surface area contributed by atoms with Crippen molar-refractivity contribution in [1.29, 1.82) is 0 Å². The highest BCUT2D eigenvalue weighted by Crippen LogP contribution is 2.26. The molecular formula is C26H33Cl2N3O4S. The van der Waals surface area contributed by atoms with Gasteiger partial charge >= 0.3 is 0 Å². The number of rotatable bonds is 9. The Morgan fingerprint density at radius 2 is 1.75 bits per heavy atom. The van der Waals surface area contributed by atoms with Crippen molar-refractivity contribution in [3.8, 4) is 0 Å². The van der Waals surface area contributed by atoms with E-state index in [1.807, 2.05) is 13.0 Å². The average molecular weight is 555 g/mol. The Morgan fingerprint density at radius 1 is 1.08 bits per heavy atom. The van der Waals surface area contributed by atoms with Gasteiger partial charge in [0, 0.05) is 22.6 Å². The fourth-order valence-electron chi connectivity index (χ4n) is 4.49. The van der Waals surface area contributed by atoms with Crippen LogP contribution < -0.4 is 9.62 Å². The smallest absolute Gasteiger partial charge is 0.244 e. The number of anilines is 1. The molecule has 10 heteroatoms. The summed E-state index contributed by atoms with van der Waals surface area (Å²) in [5.74, 6) is -0.793. The second-order valence-electron chi connectivity index (χ2n) is 9.48. The van der Waals surface area contributed by atoms with Crippen LogP contribution >= 0.6 is 23.2 Å². The SMILES string of the molecule is Cc1ccc(N(CC(=O)N(Cc2ccc(Cl)cc2Cl)[C@@H](C)C(=O)NC2CCCC2)S(C)(=O)=O)c(C)c1. The molecule has 0 heterocycles. The quantitative estimate of drug-likeness (QED) is 0.480. The van der Waals surface area contributed by atoms with Crippen molar-refractivity contribution in [3.63, 3.8) is 0 Å². The highest BCUT2D eigenvalue weighted by molar-refractivity contribution is 7.92. The number of sulfonamides is 1. The second-order valence-corrected chi connectivity index (χ2v) is 12.2. The third-order valence-corrected chi connectivity index (χ3v) is 8.24. The lowest BCUT2D eigenvalue weighted by atomic mass is 10.1. The van der Waals surface area contributed by atoms with Crippen LogP contribution in [0.5, 0.6) is 0 Å². The van der Waals surface area contributed by atoms with Crippen LogP contribution in [0.4, 0.5) is 5.69 Å². The number of hydrogen-bond donors (Lipinski definition) is 1. The maximum atomic E-state index is 13.7. The van der Waals surface area contributed by atoms with E-state index in [1.165, 1.54) is 4.90 Å². The zero-order valence-corrected chi connectivity index (χ0v) is 23.4. The van der Waals surface area contributed by atoms with E-state index < -0.39 is 28.5 Å². The van der Waals surface area contributed by atoms with Crippen LogP contribution in [0.15, 0.2) is 36.4 Å². The molecule has 1 fully saturated rings. The van der Waals surface area contributed by atoms with Crippen molar-refractivity contribution in [2.75, 3.05) is 17.1 Å². The molecule has 2 aromatic carbocycles. The van der Waals surface area contributed by atoms with E-state index >= 15 is 0 Å². The van der Waals surface area contributed by atoms with Crippen molar-refractivity contribution in [2.24, 2.45) is 0 Å². The molecule has 0 radical (unpaired) electrons. The number of nitrogens with zero attached hydrogens (tertiary/aromatic N) is 2. The van der Waals surface area contributed by atoms with Crippen molar-refractivity contribution >= 4 is 50.7 Å². The molecule has 0 spiro atoms. The summed E-state index contributed by atoms with van der Waals surface area (Å²) >= 11 is 12.4. The van der Waals surface area contributed by atoms with Crippen LogP contribution in [-0.4, -0.2) is 50.0 Å². The first-order chi connectivity index (χ1) is 16.9. The Morgan fingerprint density at radius 3 is 2.33 bits per heavy atom. The van der Waals surface area contributed by atoms with Crippen molar-refractivity contribution in [3.05, 3.63) is 63.1 Å². The van der Waals surface area contributed by atoms with Crippen LogP contribution in [0.3, 0.4) is 0 Å². The van der Waals surface area contributed by atoms with Crippen LogP contribution in [-0.2, 0) is 26.2 Å². The molecule has 7 nitrogen and oxygen atoms in total. The summed E-state index contributed by atoms with van der Waals surface area (Å²) in [5, 5.41) is 3.85. The first kappa shape index (κ1) is 28.3. The Hall–Kier alpha value is -2.29. The second kappa shape index (κ2) is 11.8. The zero-order chi connectivity index (χ0) is 26.6. The summed E-state index contributed by atoms with van der Waals surface area (Å²) in [6.07, 6.45) is 4.99. The van der Waals surface area contributed by atoms with Gasteiger partial charge in [0.25, 0.3) is 0 Å². The van der Waals surface area contributed by atoms with E-state index in [-0.39, 0.29) is 18.5 Å². The summed E-state index contributed by atoms with van der Waals surface area (Å²) in [6, 6.07) is 9.52. The fourth-order valence-corrected chi connectivity index (χ4v) is 5.86. The van der Waals surface area contributed by atoms with Gasteiger partial charge in [0.2, 0.25) is 21.8 Å². The summed E-state index contributed by atoms with van der Waals surface area (Å²) in [7, 11) is -3.79. The lowest BCUT2D eigenvalue weighted by Crippen LogP contribution is -2.52. The van der Waals surface area contributed by atoms with Gasteiger partial charge in [0.1, 0.15) is 12.6 Å². The van der Waals surface area contributed by atoms with Gasteiger partial charge in [-0.25, -0.2) is 8.42 Å².